The highest BCUT2D eigenvalue weighted by molar-refractivity contribution is 7.99. The summed E-state index contributed by atoms with van der Waals surface area (Å²) in [5, 5.41) is 11.3. The molecule has 0 aliphatic carbocycles. The summed E-state index contributed by atoms with van der Waals surface area (Å²) in [4.78, 5) is 12.4. The summed E-state index contributed by atoms with van der Waals surface area (Å²) in [6, 6.07) is 6.68. The smallest absolute Gasteiger partial charge is 0.277 e. The fourth-order valence-electron chi connectivity index (χ4n) is 3.53. The number of nitrogens with zero attached hydrogens (tertiary/aromatic N) is 3. The van der Waals surface area contributed by atoms with E-state index in [4.69, 9.17) is 4.42 Å². The van der Waals surface area contributed by atoms with Gasteiger partial charge in [-0.3, -0.25) is 4.79 Å². The van der Waals surface area contributed by atoms with Crippen LogP contribution in [0.5, 0.6) is 0 Å². The molecule has 32 heavy (non-hydrogen) atoms. The molecular formula is C22H32N4O4S2. The number of hydrogen-bond donors (Lipinski definition) is 1. The van der Waals surface area contributed by atoms with Crippen LogP contribution in [0.3, 0.4) is 0 Å². The molecule has 3 rings (SSSR count). The molecular weight excluding hydrogens is 448 g/mol. The molecule has 0 radical (unpaired) electrons. The topological polar surface area (TPSA) is 105 Å². The van der Waals surface area contributed by atoms with E-state index in [1.54, 1.807) is 24.3 Å². The van der Waals surface area contributed by atoms with E-state index in [9.17, 15) is 13.2 Å². The standard InChI is InChI=1S/C22H32N4O4S2/c1-16(2)10-11-17(3)23-20(27)15-31-22-25-24-21(30-22)18-8-7-9-19(14-18)32(28,29)26-12-5-4-6-13-26/h7-9,14,16-17H,4-6,10-13,15H2,1-3H3,(H,23,27). The number of aromatic nitrogens is 2. The zero-order valence-corrected chi connectivity index (χ0v) is 20.5. The van der Waals surface area contributed by atoms with Crippen LogP contribution < -0.4 is 5.32 Å². The predicted octanol–water partition coefficient (Wildman–Crippen LogP) is 3.94. The Hall–Kier alpha value is -1.91. The highest BCUT2D eigenvalue weighted by Crippen LogP contribution is 2.27. The van der Waals surface area contributed by atoms with Crippen molar-refractivity contribution in [2.45, 2.75) is 69.0 Å². The molecule has 1 unspecified atom stereocenters. The highest BCUT2D eigenvalue weighted by Gasteiger charge is 2.26. The lowest BCUT2D eigenvalue weighted by Crippen LogP contribution is -2.35. The minimum atomic E-state index is -3.54. The van der Waals surface area contributed by atoms with Crippen molar-refractivity contribution in [3.8, 4) is 11.5 Å². The number of piperidine rings is 1. The fraction of sp³-hybridized carbons (Fsp3) is 0.591. The van der Waals surface area contributed by atoms with E-state index in [1.165, 1.54) is 4.31 Å². The maximum absolute atomic E-state index is 12.9. The number of rotatable bonds is 10. The Morgan fingerprint density at radius 3 is 2.62 bits per heavy atom. The molecule has 8 nitrogen and oxygen atoms in total. The van der Waals surface area contributed by atoms with E-state index in [1.807, 2.05) is 6.92 Å². The summed E-state index contributed by atoms with van der Waals surface area (Å²) in [7, 11) is -3.54. The Morgan fingerprint density at radius 1 is 1.16 bits per heavy atom. The molecule has 1 N–H and O–H groups in total. The van der Waals surface area contributed by atoms with E-state index < -0.39 is 10.0 Å². The molecule has 2 heterocycles. The lowest BCUT2D eigenvalue weighted by atomic mass is 10.0. The van der Waals surface area contributed by atoms with Gasteiger partial charge in [-0.05, 0) is 56.7 Å². The van der Waals surface area contributed by atoms with E-state index in [-0.39, 0.29) is 33.7 Å². The number of thioether (sulfide) groups is 1. The van der Waals surface area contributed by atoms with Gasteiger partial charge in [0.1, 0.15) is 0 Å². The van der Waals surface area contributed by atoms with E-state index in [2.05, 4.69) is 29.4 Å². The molecule has 0 bridgehead atoms. The van der Waals surface area contributed by atoms with Crippen molar-refractivity contribution in [1.82, 2.24) is 19.8 Å². The first-order valence-electron chi connectivity index (χ1n) is 11.1. The van der Waals surface area contributed by atoms with Crippen LogP contribution in [-0.4, -0.2) is 53.7 Å². The normalized spacial score (nSPS) is 16.2. The third-order valence-electron chi connectivity index (χ3n) is 5.35. The minimum Gasteiger partial charge on any atom is -0.411 e. The van der Waals surface area contributed by atoms with Crippen molar-refractivity contribution in [3.63, 3.8) is 0 Å². The third kappa shape index (κ3) is 6.79. The number of carbonyl (C=O) groups is 1. The first kappa shape index (κ1) is 24.7. The second kappa shape index (κ2) is 11.3. The van der Waals surface area contributed by atoms with Crippen LogP contribution in [0.25, 0.3) is 11.5 Å². The molecule has 10 heteroatoms. The molecule has 0 spiro atoms. The molecule has 2 aromatic rings. The van der Waals surface area contributed by atoms with Gasteiger partial charge in [-0.1, -0.05) is 38.1 Å². The largest absolute Gasteiger partial charge is 0.411 e. The van der Waals surface area contributed by atoms with Crippen molar-refractivity contribution in [1.29, 1.82) is 0 Å². The Morgan fingerprint density at radius 2 is 1.91 bits per heavy atom. The summed E-state index contributed by atoms with van der Waals surface area (Å²) in [5.41, 5.74) is 0.536. The number of sulfonamides is 1. The fourth-order valence-corrected chi connectivity index (χ4v) is 5.67. The molecule has 0 saturated carbocycles. The van der Waals surface area contributed by atoms with Gasteiger partial charge in [0.05, 0.1) is 10.6 Å². The molecule has 1 aromatic heterocycles. The van der Waals surface area contributed by atoms with Crippen LogP contribution in [0.1, 0.15) is 52.9 Å². The molecule has 176 valence electrons. The number of carbonyl (C=O) groups excluding carboxylic acids is 1. The van der Waals surface area contributed by atoms with Crippen molar-refractivity contribution in [2.24, 2.45) is 5.92 Å². The van der Waals surface area contributed by atoms with Crippen LogP contribution in [0.4, 0.5) is 0 Å². The van der Waals surface area contributed by atoms with Crippen molar-refractivity contribution < 1.29 is 17.6 Å². The number of nitrogens with one attached hydrogen (secondary N) is 1. The van der Waals surface area contributed by atoms with Gasteiger partial charge < -0.3 is 9.73 Å². The highest BCUT2D eigenvalue weighted by atomic mass is 32.2. The Bertz CT molecular complexity index is 1000. The lowest BCUT2D eigenvalue weighted by molar-refractivity contribution is -0.119. The summed E-state index contributed by atoms with van der Waals surface area (Å²) in [6.07, 6.45) is 4.83. The summed E-state index contributed by atoms with van der Waals surface area (Å²) >= 11 is 1.16. The van der Waals surface area contributed by atoms with Gasteiger partial charge >= 0.3 is 0 Å². The molecule has 1 aromatic carbocycles. The average Bonchev–Trinajstić information content (AvgIpc) is 3.26. The van der Waals surface area contributed by atoms with Crippen LogP contribution >= 0.6 is 11.8 Å². The molecule has 1 aliphatic rings. The SMILES string of the molecule is CC(C)CCC(C)NC(=O)CSc1nnc(-c2cccc(S(=O)(=O)N3CCCCC3)c2)o1. The Balaban J connectivity index is 1.59. The monoisotopic (exact) mass is 480 g/mol. The zero-order chi connectivity index (χ0) is 23.1. The van der Waals surface area contributed by atoms with Gasteiger partial charge in [0.15, 0.2) is 0 Å². The van der Waals surface area contributed by atoms with Gasteiger partial charge in [0, 0.05) is 24.7 Å². The molecule has 1 amide bonds. The summed E-state index contributed by atoms with van der Waals surface area (Å²) < 4.78 is 33.1. The second-order valence-electron chi connectivity index (χ2n) is 8.59. The van der Waals surface area contributed by atoms with Gasteiger partial charge in [0.2, 0.25) is 21.8 Å². The third-order valence-corrected chi connectivity index (χ3v) is 8.06. The Labute approximate surface area is 194 Å². The first-order chi connectivity index (χ1) is 15.3. The maximum Gasteiger partial charge on any atom is 0.277 e. The van der Waals surface area contributed by atoms with Gasteiger partial charge in [-0.2, -0.15) is 4.31 Å². The minimum absolute atomic E-state index is 0.0828. The van der Waals surface area contributed by atoms with E-state index in [0.717, 1.165) is 43.9 Å². The van der Waals surface area contributed by atoms with Gasteiger partial charge in [0.25, 0.3) is 5.22 Å². The number of benzene rings is 1. The van der Waals surface area contributed by atoms with E-state index in [0.29, 0.717) is 24.6 Å². The average molecular weight is 481 g/mol. The zero-order valence-electron chi connectivity index (χ0n) is 18.9. The first-order valence-corrected chi connectivity index (χ1v) is 13.5. The van der Waals surface area contributed by atoms with Crippen molar-refractivity contribution >= 4 is 27.7 Å². The summed E-state index contributed by atoms with van der Waals surface area (Å²) in [5.74, 6) is 0.931. The predicted molar refractivity (Wildman–Crippen MR) is 125 cm³/mol. The lowest BCUT2D eigenvalue weighted by Gasteiger charge is -2.25. The molecule has 1 saturated heterocycles. The van der Waals surface area contributed by atoms with Gasteiger partial charge in [-0.15, -0.1) is 10.2 Å². The maximum atomic E-state index is 12.9. The number of hydrogen-bond acceptors (Lipinski definition) is 7. The van der Waals surface area contributed by atoms with E-state index >= 15 is 0 Å². The Kier molecular flexibility index (Phi) is 8.72. The summed E-state index contributed by atoms with van der Waals surface area (Å²) in [6.45, 7) is 7.42. The quantitative estimate of drug-likeness (QED) is 0.513. The molecule has 1 atom stereocenters. The molecule has 1 aliphatic heterocycles. The van der Waals surface area contributed by atoms with Crippen LogP contribution in [0.15, 0.2) is 38.8 Å². The van der Waals surface area contributed by atoms with Crippen molar-refractivity contribution in [2.75, 3.05) is 18.8 Å². The second-order valence-corrected chi connectivity index (χ2v) is 11.5. The number of amides is 1. The van der Waals surface area contributed by atoms with Gasteiger partial charge in [-0.25, -0.2) is 8.42 Å². The van der Waals surface area contributed by atoms with Crippen molar-refractivity contribution in [3.05, 3.63) is 24.3 Å². The molecule has 1 fully saturated rings. The van der Waals surface area contributed by atoms with Crippen LogP contribution in [0.2, 0.25) is 0 Å². The van der Waals surface area contributed by atoms with Crippen LogP contribution in [-0.2, 0) is 14.8 Å². The van der Waals surface area contributed by atoms with Crippen LogP contribution in [0, 0.1) is 5.92 Å².